The molecule has 0 spiro atoms. The van der Waals surface area contributed by atoms with Crippen molar-refractivity contribution in [3.8, 4) is 50.1 Å². The Morgan fingerprint density at radius 3 is 1.02 bits per heavy atom. The lowest BCUT2D eigenvalue weighted by molar-refractivity contribution is 0.229. The highest BCUT2D eigenvalue weighted by Gasteiger charge is 2.36. The predicted molar refractivity (Wildman–Crippen MR) is 244 cm³/mol. The second kappa shape index (κ2) is 17.4. The van der Waals surface area contributed by atoms with Crippen molar-refractivity contribution in [2.24, 2.45) is 0 Å². The van der Waals surface area contributed by atoms with Crippen LogP contribution in [0.1, 0.15) is 80.4 Å². The minimum absolute atomic E-state index is 0.0614. The van der Waals surface area contributed by atoms with Gasteiger partial charge in [-0.15, -0.1) is 45.3 Å². The Morgan fingerprint density at radius 1 is 0.429 bits per heavy atom. The molecule has 0 radical (unpaired) electrons. The third-order valence-corrected chi connectivity index (χ3v) is 18.9. The second-order valence-electron chi connectivity index (χ2n) is 15.3. The summed E-state index contributed by atoms with van der Waals surface area (Å²) >= 11 is 6.38. The lowest BCUT2D eigenvalue weighted by atomic mass is 9.86. The monoisotopic (exact) mass is 866 g/mol. The van der Waals surface area contributed by atoms with Crippen molar-refractivity contribution in [3.63, 3.8) is 0 Å². The van der Waals surface area contributed by atoms with Crippen LogP contribution in [-0.2, 0) is 38.1 Å². The van der Waals surface area contributed by atoms with Gasteiger partial charge in [0, 0.05) is 29.3 Å². The van der Waals surface area contributed by atoms with Crippen LogP contribution in [0.5, 0.6) is 0 Å². The summed E-state index contributed by atoms with van der Waals surface area (Å²) in [6, 6.07) is 29.7. The molecule has 0 aliphatic rings. The van der Waals surface area contributed by atoms with Gasteiger partial charge in [-0.2, -0.15) is 0 Å². The van der Waals surface area contributed by atoms with Crippen LogP contribution < -0.4 is 10.6 Å². The molecule has 0 fully saturated rings. The van der Waals surface area contributed by atoms with Gasteiger partial charge in [-0.25, -0.2) is 0 Å². The molecule has 298 valence electrons. The van der Waals surface area contributed by atoms with E-state index in [4.69, 9.17) is 18.1 Å². The van der Waals surface area contributed by atoms with Crippen molar-refractivity contribution in [2.75, 3.05) is 26.4 Å². The van der Waals surface area contributed by atoms with Gasteiger partial charge in [-0.3, -0.25) is 9.13 Å². The first-order valence-corrected chi connectivity index (χ1v) is 25.4. The molecule has 56 heavy (non-hydrogen) atoms. The van der Waals surface area contributed by atoms with E-state index in [1.807, 2.05) is 39.8 Å². The van der Waals surface area contributed by atoms with Crippen LogP contribution in [0.4, 0.5) is 0 Å². The Bertz CT molecular complexity index is 2160. The van der Waals surface area contributed by atoms with Crippen LogP contribution in [0.25, 0.3) is 50.1 Å². The van der Waals surface area contributed by atoms with Gasteiger partial charge < -0.3 is 18.1 Å². The summed E-state index contributed by atoms with van der Waals surface area (Å²) in [4.78, 5) is 7.56. The summed E-state index contributed by atoms with van der Waals surface area (Å²) in [6.45, 7) is 21.5. The van der Waals surface area contributed by atoms with Gasteiger partial charge >= 0.3 is 15.2 Å². The Kier molecular flexibility index (Phi) is 13.4. The molecule has 12 heteroatoms. The molecule has 0 atom stereocenters. The molecule has 0 bridgehead atoms. The van der Waals surface area contributed by atoms with Gasteiger partial charge in [0.1, 0.15) is 0 Å². The fourth-order valence-electron chi connectivity index (χ4n) is 6.30. The van der Waals surface area contributed by atoms with Gasteiger partial charge in [0.25, 0.3) is 0 Å². The number of hydrogen-bond donors (Lipinski definition) is 0. The highest BCUT2D eigenvalue weighted by Crippen LogP contribution is 2.57. The van der Waals surface area contributed by atoms with Crippen molar-refractivity contribution in [1.82, 2.24) is 0 Å². The highest BCUT2D eigenvalue weighted by atomic mass is 32.1. The molecule has 0 amide bonds. The first-order chi connectivity index (χ1) is 26.5. The van der Waals surface area contributed by atoms with E-state index in [1.54, 1.807) is 22.7 Å². The molecule has 0 unspecified atom stereocenters. The quantitative estimate of drug-likeness (QED) is 0.0958. The third-order valence-electron chi connectivity index (χ3n) is 9.18. The van der Waals surface area contributed by atoms with E-state index in [0.29, 0.717) is 10.6 Å². The van der Waals surface area contributed by atoms with E-state index < -0.39 is 15.2 Å². The zero-order valence-corrected chi connectivity index (χ0v) is 38.9. The van der Waals surface area contributed by atoms with Gasteiger partial charge in [-0.05, 0) is 97.2 Å². The number of thiophene rings is 4. The topological polar surface area (TPSA) is 71.1 Å². The minimum atomic E-state index is -3.70. The molecule has 2 aromatic carbocycles. The molecule has 0 saturated heterocycles. The summed E-state index contributed by atoms with van der Waals surface area (Å²) in [5.41, 5.74) is 4.93. The SMILES string of the molecule is CCOP(=O)(OCC)c1cc(-c2cc(P(=O)(OCC)OCC)c(-c3ccc(-c4ccc(C(C)(C)C)cc4)s3)s2)sc1-c1ccc(-c2ccc(C(C)(C)C)cc2)s1. The number of rotatable bonds is 15. The second-order valence-corrected chi connectivity index (χ2v) is 23.6. The summed E-state index contributed by atoms with van der Waals surface area (Å²) in [5, 5.41) is 1.06. The lowest BCUT2D eigenvalue weighted by Crippen LogP contribution is -2.11. The molecule has 4 heterocycles. The Hall–Kier alpha value is -2.46. The van der Waals surface area contributed by atoms with Crippen LogP contribution >= 0.6 is 60.5 Å². The standard InChI is InChI=1S/C44H52O6P2S4/c1-11-47-51(45,48-12-2)33-27-39(55-41(33)37-25-23-35(53-37)29-15-19-31(20-16-29)43(5,6)7)40-28-34(52(46,49-13-3)50-14-4)42(56-40)38-26-24-36(54-38)30-17-21-32(22-18-30)44(8,9)10/h15-28H,11-14H2,1-10H3. The van der Waals surface area contributed by atoms with Crippen molar-refractivity contribution >= 4 is 71.1 Å². The van der Waals surface area contributed by atoms with E-state index in [-0.39, 0.29) is 37.3 Å². The summed E-state index contributed by atoms with van der Waals surface area (Å²) < 4.78 is 53.0. The Balaban J connectivity index is 1.48. The molecule has 6 rings (SSSR count). The maximum Gasteiger partial charge on any atom is 0.362 e. The third kappa shape index (κ3) is 9.21. The Morgan fingerprint density at radius 2 is 0.732 bits per heavy atom. The van der Waals surface area contributed by atoms with E-state index in [1.165, 1.54) is 33.8 Å². The van der Waals surface area contributed by atoms with E-state index in [2.05, 4.69) is 114 Å². The predicted octanol–water partition coefficient (Wildman–Crippen LogP) is 14.6. The fourth-order valence-corrected chi connectivity index (χ4v) is 15.4. The maximum absolute atomic E-state index is 14.6. The first-order valence-electron chi connectivity index (χ1n) is 19.0. The van der Waals surface area contributed by atoms with Gasteiger partial charge in [0.2, 0.25) is 0 Å². The lowest BCUT2D eigenvalue weighted by Gasteiger charge is -2.19. The maximum atomic E-state index is 14.6. The van der Waals surface area contributed by atoms with Crippen LogP contribution in [0.2, 0.25) is 0 Å². The molecule has 4 aromatic heterocycles. The zero-order chi connectivity index (χ0) is 40.5. The molecule has 6 aromatic rings. The molecule has 0 saturated carbocycles. The molecule has 0 aliphatic heterocycles. The van der Waals surface area contributed by atoms with Crippen molar-refractivity contribution < 1.29 is 27.2 Å². The number of benzene rings is 2. The highest BCUT2D eigenvalue weighted by molar-refractivity contribution is 7.64. The summed E-state index contributed by atoms with van der Waals surface area (Å²) in [5.74, 6) is 0. The Labute approximate surface area is 348 Å². The fraction of sp³-hybridized carbons (Fsp3) is 0.364. The van der Waals surface area contributed by atoms with Crippen molar-refractivity contribution in [3.05, 3.63) is 96.1 Å². The number of hydrogen-bond acceptors (Lipinski definition) is 10. The molecule has 0 N–H and O–H groups in total. The van der Waals surface area contributed by atoms with Crippen LogP contribution in [0.15, 0.2) is 84.9 Å². The normalized spacial score (nSPS) is 12.8. The molecular weight excluding hydrogens is 815 g/mol. The van der Waals surface area contributed by atoms with Crippen LogP contribution in [0.3, 0.4) is 0 Å². The van der Waals surface area contributed by atoms with Crippen molar-refractivity contribution in [2.45, 2.75) is 80.1 Å². The van der Waals surface area contributed by atoms with Crippen LogP contribution in [-0.4, -0.2) is 26.4 Å². The summed E-state index contributed by atoms with van der Waals surface area (Å²) in [6.07, 6.45) is 0. The van der Waals surface area contributed by atoms with E-state index in [0.717, 1.165) is 50.1 Å². The van der Waals surface area contributed by atoms with E-state index in [9.17, 15) is 9.13 Å². The van der Waals surface area contributed by atoms with Crippen molar-refractivity contribution in [1.29, 1.82) is 0 Å². The zero-order valence-electron chi connectivity index (χ0n) is 33.9. The largest absolute Gasteiger partial charge is 0.362 e. The van der Waals surface area contributed by atoms with Gasteiger partial charge in [0.05, 0.1) is 46.8 Å². The summed E-state index contributed by atoms with van der Waals surface area (Å²) in [7, 11) is -7.41. The molecule has 6 nitrogen and oxygen atoms in total. The molecular formula is C44H52O6P2S4. The van der Waals surface area contributed by atoms with Crippen LogP contribution in [0, 0.1) is 0 Å². The smallest absolute Gasteiger partial charge is 0.305 e. The molecule has 0 aliphatic carbocycles. The van der Waals surface area contributed by atoms with Gasteiger partial charge in [-0.1, -0.05) is 90.1 Å². The minimum Gasteiger partial charge on any atom is -0.305 e. The van der Waals surface area contributed by atoms with E-state index >= 15 is 0 Å². The average molecular weight is 867 g/mol. The first kappa shape index (κ1) is 43.1. The van der Waals surface area contributed by atoms with Gasteiger partial charge in [0.15, 0.2) is 0 Å². The average Bonchev–Trinajstić information content (AvgIpc) is 3.97.